The first-order chi connectivity index (χ1) is 8.31. The summed E-state index contributed by atoms with van der Waals surface area (Å²) in [6.07, 6.45) is 5.48. The maximum Gasteiger partial charge on any atom is 0.251 e. The van der Waals surface area contributed by atoms with Crippen molar-refractivity contribution in [3.05, 3.63) is 34.9 Å². The molecule has 2 aromatic heterocycles. The van der Waals surface area contributed by atoms with Crippen LogP contribution in [0.2, 0.25) is 5.15 Å². The van der Waals surface area contributed by atoms with Crippen molar-refractivity contribution < 1.29 is 5.11 Å². The predicted octanol–water partition coefficient (Wildman–Crippen LogP) is 1.69. The smallest absolute Gasteiger partial charge is 0.251 e. The van der Waals surface area contributed by atoms with E-state index in [1.807, 2.05) is 0 Å². The fourth-order valence-corrected chi connectivity index (χ4v) is 2.08. The highest BCUT2D eigenvalue weighted by molar-refractivity contribution is 6.30. The van der Waals surface area contributed by atoms with E-state index in [0.29, 0.717) is 22.6 Å². The first-order valence-corrected chi connectivity index (χ1v) is 5.84. The summed E-state index contributed by atoms with van der Waals surface area (Å²) in [5, 5.41) is 14.2. The van der Waals surface area contributed by atoms with Crippen molar-refractivity contribution >= 4 is 11.6 Å². The van der Waals surface area contributed by atoms with E-state index in [-0.39, 0.29) is 6.61 Å². The molecule has 1 aliphatic carbocycles. The Morgan fingerprint density at radius 1 is 1.35 bits per heavy atom. The van der Waals surface area contributed by atoms with Gasteiger partial charge in [-0.2, -0.15) is 9.78 Å². The highest BCUT2D eigenvalue weighted by atomic mass is 35.5. The van der Waals surface area contributed by atoms with Gasteiger partial charge in [0.05, 0.1) is 12.3 Å². The van der Waals surface area contributed by atoms with Gasteiger partial charge < -0.3 is 5.11 Å². The van der Waals surface area contributed by atoms with Gasteiger partial charge in [-0.25, -0.2) is 9.97 Å². The Kier molecular flexibility index (Phi) is 2.57. The largest absolute Gasteiger partial charge is 0.391 e. The van der Waals surface area contributed by atoms with Crippen molar-refractivity contribution in [2.45, 2.75) is 25.4 Å². The number of hydrogen-bond donors (Lipinski definition) is 1. The average molecular weight is 251 g/mol. The molecule has 0 radical (unpaired) electrons. The third-order valence-electron chi connectivity index (χ3n) is 2.82. The fourth-order valence-electron chi connectivity index (χ4n) is 1.81. The zero-order chi connectivity index (χ0) is 11.8. The van der Waals surface area contributed by atoms with Gasteiger partial charge in [0.2, 0.25) is 0 Å². The van der Waals surface area contributed by atoms with Crippen LogP contribution in [0.25, 0.3) is 5.95 Å². The van der Waals surface area contributed by atoms with Crippen molar-refractivity contribution in [2.75, 3.05) is 0 Å². The molecule has 1 fully saturated rings. The van der Waals surface area contributed by atoms with Crippen LogP contribution in [-0.2, 0) is 6.61 Å². The highest BCUT2D eigenvalue weighted by Gasteiger charge is 2.31. The lowest BCUT2D eigenvalue weighted by molar-refractivity contribution is 0.280. The molecule has 6 heteroatoms. The fraction of sp³-hybridized carbons (Fsp3) is 0.364. The van der Waals surface area contributed by atoms with Crippen LogP contribution in [0.4, 0.5) is 0 Å². The minimum atomic E-state index is -0.0997. The third kappa shape index (κ3) is 1.81. The molecule has 0 aromatic carbocycles. The molecule has 3 rings (SSSR count). The summed E-state index contributed by atoms with van der Waals surface area (Å²) >= 11 is 6.20. The van der Waals surface area contributed by atoms with E-state index in [1.165, 1.54) is 4.68 Å². The van der Waals surface area contributed by atoms with Gasteiger partial charge >= 0.3 is 0 Å². The SMILES string of the molecule is OCc1c(C2CC2)nn(-c2ncccn2)c1Cl. The molecule has 0 amide bonds. The van der Waals surface area contributed by atoms with Crippen molar-refractivity contribution in [2.24, 2.45) is 0 Å². The molecule has 5 nitrogen and oxygen atoms in total. The van der Waals surface area contributed by atoms with Gasteiger partial charge in [0.1, 0.15) is 5.15 Å². The summed E-state index contributed by atoms with van der Waals surface area (Å²) in [7, 11) is 0. The van der Waals surface area contributed by atoms with Crippen LogP contribution in [-0.4, -0.2) is 24.9 Å². The van der Waals surface area contributed by atoms with E-state index in [9.17, 15) is 5.11 Å². The molecular formula is C11H11ClN4O. The molecule has 1 saturated carbocycles. The average Bonchev–Trinajstić information content (AvgIpc) is 3.15. The van der Waals surface area contributed by atoms with Crippen LogP contribution in [0.3, 0.4) is 0 Å². The van der Waals surface area contributed by atoms with Crippen molar-refractivity contribution in [1.82, 2.24) is 19.7 Å². The van der Waals surface area contributed by atoms with E-state index in [2.05, 4.69) is 15.1 Å². The maximum absolute atomic E-state index is 9.36. The van der Waals surface area contributed by atoms with E-state index in [4.69, 9.17) is 11.6 Å². The molecular weight excluding hydrogens is 240 g/mol. The van der Waals surface area contributed by atoms with E-state index < -0.39 is 0 Å². The molecule has 0 spiro atoms. The summed E-state index contributed by atoms with van der Waals surface area (Å²) in [5.41, 5.74) is 1.58. The van der Waals surface area contributed by atoms with Crippen molar-refractivity contribution in [3.8, 4) is 5.95 Å². The number of halogens is 1. The van der Waals surface area contributed by atoms with Crippen LogP contribution in [0, 0.1) is 0 Å². The minimum Gasteiger partial charge on any atom is -0.391 e. The second kappa shape index (κ2) is 4.09. The predicted molar refractivity (Wildman–Crippen MR) is 62.1 cm³/mol. The zero-order valence-corrected chi connectivity index (χ0v) is 9.80. The van der Waals surface area contributed by atoms with Crippen LogP contribution in [0.15, 0.2) is 18.5 Å². The summed E-state index contributed by atoms with van der Waals surface area (Å²) < 4.78 is 1.49. The lowest BCUT2D eigenvalue weighted by Crippen LogP contribution is -2.02. The Hall–Kier alpha value is -1.46. The number of hydrogen-bond acceptors (Lipinski definition) is 4. The van der Waals surface area contributed by atoms with Crippen LogP contribution in [0.5, 0.6) is 0 Å². The molecule has 1 N–H and O–H groups in total. The van der Waals surface area contributed by atoms with Crippen LogP contribution >= 0.6 is 11.6 Å². The third-order valence-corrected chi connectivity index (χ3v) is 3.20. The van der Waals surface area contributed by atoms with E-state index in [1.54, 1.807) is 18.5 Å². The number of nitrogens with zero attached hydrogens (tertiary/aromatic N) is 4. The first-order valence-electron chi connectivity index (χ1n) is 5.47. The quantitative estimate of drug-likeness (QED) is 0.900. The van der Waals surface area contributed by atoms with Crippen molar-refractivity contribution in [1.29, 1.82) is 0 Å². The Labute approximate surface area is 103 Å². The minimum absolute atomic E-state index is 0.0997. The van der Waals surface area contributed by atoms with Crippen molar-refractivity contribution in [3.63, 3.8) is 0 Å². The summed E-state index contributed by atoms with van der Waals surface area (Å²) in [6.45, 7) is -0.0997. The molecule has 0 saturated heterocycles. The van der Waals surface area contributed by atoms with Gasteiger partial charge in [0.25, 0.3) is 5.95 Å². The van der Waals surface area contributed by atoms with Gasteiger partial charge in [-0.1, -0.05) is 11.6 Å². The van der Waals surface area contributed by atoms with Crippen LogP contribution < -0.4 is 0 Å². The Morgan fingerprint density at radius 3 is 2.65 bits per heavy atom. The van der Waals surface area contributed by atoms with E-state index in [0.717, 1.165) is 18.5 Å². The highest BCUT2D eigenvalue weighted by Crippen LogP contribution is 2.42. The normalized spacial score (nSPS) is 15.2. The standard InChI is InChI=1S/C11H11ClN4O/c12-10-8(6-17)9(7-2-3-7)15-16(10)11-13-4-1-5-14-11/h1,4-5,7,17H,2-3,6H2. The Morgan fingerprint density at radius 2 is 2.06 bits per heavy atom. The molecule has 2 aromatic rings. The summed E-state index contributed by atoms with van der Waals surface area (Å²) in [6, 6.07) is 1.73. The Balaban J connectivity index is 2.11. The maximum atomic E-state index is 9.36. The second-order valence-corrected chi connectivity index (χ2v) is 4.41. The number of aliphatic hydroxyl groups is 1. The molecule has 88 valence electrons. The number of aromatic nitrogens is 4. The molecule has 0 bridgehead atoms. The second-order valence-electron chi connectivity index (χ2n) is 4.05. The topological polar surface area (TPSA) is 63.8 Å². The molecule has 0 unspecified atom stereocenters. The van der Waals surface area contributed by atoms with Gasteiger partial charge in [0.15, 0.2) is 0 Å². The molecule has 2 heterocycles. The Bertz CT molecular complexity index is 536. The van der Waals surface area contributed by atoms with Crippen LogP contribution in [0.1, 0.15) is 30.0 Å². The molecule has 17 heavy (non-hydrogen) atoms. The van der Waals surface area contributed by atoms with Gasteiger partial charge in [-0.15, -0.1) is 0 Å². The first kappa shape index (κ1) is 10.7. The lowest BCUT2D eigenvalue weighted by atomic mass is 10.2. The number of rotatable bonds is 3. The molecule has 0 aliphatic heterocycles. The molecule has 1 aliphatic rings. The zero-order valence-electron chi connectivity index (χ0n) is 9.04. The van der Waals surface area contributed by atoms with Gasteiger partial charge in [-0.3, -0.25) is 0 Å². The molecule has 0 atom stereocenters. The number of aliphatic hydroxyl groups excluding tert-OH is 1. The van der Waals surface area contributed by atoms with Gasteiger partial charge in [0, 0.05) is 23.9 Å². The van der Waals surface area contributed by atoms with Gasteiger partial charge in [-0.05, 0) is 18.9 Å². The summed E-state index contributed by atoms with van der Waals surface area (Å²) in [5.74, 6) is 0.860. The van der Waals surface area contributed by atoms with E-state index >= 15 is 0 Å². The summed E-state index contributed by atoms with van der Waals surface area (Å²) in [4.78, 5) is 8.20. The lowest BCUT2D eigenvalue weighted by Gasteiger charge is -1.99. The monoisotopic (exact) mass is 250 g/mol.